The van der Waals surface area contributed by atoms with Gasteiger partial charge in [-0.3, -0.25) is 9.59 Å². The van der Waals surface area contributed by atoms with Crippen molar-refractivity contribution in [1.82, 2.24) is 5.32 Å². The Balaban J connectivity index is 1.96. The molecule has 1 unspecified atom stereocenters. The molecule has 1 aliphatic rings. The maximum Gasteiger partial charge on any atom is 0.305 e. The molecule has 1 amide bonds. The summed E-state index contributed by atoms with van der Waals surface area (Å²) in [5.74, 6) is -1.36. The minimum absolute atomic E-state index is 0.230. The molecular weight excluding hydrogens is 328 g/mol. The van der Waals surface area contributed by atoms with E-state index in [9.17, 15) is 9.59 Å². The van der Waals surface area contributed by atoms with Crippen LogP contribution in [0.5, 0.6) is 0 Å². The van der Waals surface area contributed by atoms with Crippen molar-refractivity contribution < 1.29 is 14.7 Å². The fraction of sp³-hybridized carbons (Fsp3) is 0.375. The van der Waals surface area contributed by atoms with Crippen LogP contribution in [0.2, 0.25) is 0 Å². The third kappa shape index (κ3) is 4.82. The summed E-state index contributed by atoms with van der Waals surface area (Å²) >= 11 is 1.08. The molecule has 1 heterocycles. The summed E-state index contributed by atoms with van der Waals surface area (Å²) in [5, 5.41) is 18.8. The fourth-order valence-corrected chi connectivity index (χ4v) is 3.17. The van der Waals surface area contributed by atoms with Crippen LogP contribution in [0.3, 0.4) is 0 Å². The van der Waals surface area contributed by atoms with Gasteiger partial charge in [-0.1, -0.05) is 23.9 Å². The molecule has 0 radical (unpaired) electrons. The Bertz CT molecular complexity index is 654. The maximum atomic E-state index is 11.6. The maximum absolute atomic E-state index is 11.6. The molecule has 1 saturated heterocycles. The molecule has 8 heteroatoms. The van der Waals surface area contributed by atoms with Crippen molar-refractivity contribution in [2.45, 2.75) is 25.5 Å². The topological polar surface area (TPSA) is 94.4 Å². The Kier molecular flexibility index (Phi) is 6.36. The number of thioether (sulfide) groups is 1. The fourth-order valence-electron chi connectivity index (χ4n) is 2.25. The highest BCUT2D eigenvalue weighted by Crippen LogP contribution is 2.22. The number of carboxylic acid groups (broad SMARTS) is 1. The molecule has 0 aliphatic carbocycles. The number of anilines is 1. The third-order valence-electron chi connectivity index (χ3n) is 3.51. The van der Waals surface area contributed by atoms with Crippen molar-refractivity contribution in [1.29, 1.82) is 0 Å². The van der Waals surface area contributed by atoms with E-state index in [1.165, 1.54) is 0 Å². The Morgan fingerprint density at radius 3 is 2.58 bits per heavy atom. The van der Waals surface area contributed by atoms with E-state index in [1.807, 2.05) is 24.3 Å². The van der Waals surface area contributed by atoms with Gasteiger partial charge < -0.3 is 15.3 Å². The Labute approximate surface area is 144 Å². The number of benzene rings is 1. The highest BCUT2D eigenvalue weighted by Gasteiger charge is 2.32. The highest BCUT2D eigenvalue weighted by atomic mass is 32.2. The number of amidine groups is 1. The number of nitrogens with one attached hydrogen (secondary N) is 1. The second-order valence-corrected chi connectivity index (χ2v) is 6.30. The Morgan fingerprint density at radius 2 is 2.00 bits per heavy atom. The van der Waals surface area contributed by atoms with Crippen molar-refractivity contribution in [2.24, 2.45) is 10.2 Å². The largest absolute Gasteiger partial charge is 0.481 e. The van der Waals surface area contributed by atoms with Crippen LogP contribution < -0.4 is 10.2 Å². The van der Waals surface area contributed by atoms with E-state index in [0.29, 0.717) is 5.17 Å². The van der Waals surface area contributed by atoms with Crippen molar-refractivity contribution >= 4 is 40.7 Å². The van der Waals surface area contributed by atoms with Gasteiger partial charge in [0.1, 0.15) is 5.25 Å². The van der Waals surface area contributed by atoms with Crippen LogP contribution in [0.15, 0.2) is 34.5 Å². The molecule has 0 bridgehead atoms. The van der Waals surface area contributed by atoms with Gasteiger partial charge in [-0.25, -0.2) is 0 Å². The number of carbonyl (C=O) groups excluding carboxylic acids is 1. The minimum atomic E-state index is -1.01. The van der Waals surface area contributed by atoms with E-state index in [4.69, 9.17) is 5.11 Å². The van der Waals surface area contributed by atoms with Gasteiger partial charge in [-0.15, -0.1) is 5.10 Å². The van der Waals surface area contributed by atoms with E-state index in [0.717, 1.165) is 36.1 Å². The van der Waals surface area contributed by atoms with Crippen LogP contribution in [-0.4, -0.2) is 46.7 Å². The average molecular weight is 348 g/mol. The molecular formula is C16H20N4O3S. The van der Waals surface area contributed by atoms with E-state index in [-0.39, 0.29) is 12.3 Å². The lowest BCUT2D eigenvalue weighted by molar-refractivity contribution is -0.138. The molecule has 1 aliphatic heterocycles. The van der Waals surface area contributed by atoms with Gasteiger partial charge in [-0.05, 0) is 31.5 Å². The molecule has 2 N–H and O–H groups in total. The first-order chi connectivity index (χ1) is 11.5. The summed E-state index contributed by atoms with van der Waals surface area (Å²) in [5.41, 5.74) is 2.05. The molecule has 1 aromatic carbocycles. The summed E-state index contributed by atoms with van der Waals surface area (Å²) < 4.78 is 0. The number of carbonyl (C=O) groups is 2. The second-order valence-electron chi connectivity index (χ2n) is 5.11. The smallest absolute Gasteiger partial charge is 0.305 e. The predicted octanol–water partition coefficient (Wildman–Crippen LogP) is 1.93. The van der Waals surface area contributed by atoms with Gasteiger partial charge in [0, 0.05) is 18.8 Å². The minimum Gasteiger partial charge on any atom is -0.481 e. The molecule has 128 valence electrons. The number of rotatable bonds is 7. The Morgan fingerprint density at radius 1 is 1.33 bits per heavy atom. The number of hydrogen-bond donors (Lipinski definition) is 2. The first kappa shape index (κ1) is 18.0. The molecule has 0 spiro atoms. The van der Waals surface area contributed by atoms with E-state index in [1.54, 1.807) is 6.21 Å². The zero-order chi connectivity index (χ0) is 17.5. The molecule has 1 aromatic rings. The lowest BCUT2D eigenvalue weighted by atomic mass is 10.2. The lowest BCUT2D eigenvalue weighted by Crippen LogP contribution is -2.26. The quantitative estimate of drug-likeness (QED) is 0.580. The van der Waals surface area contributed by atoms with Gasteiger partial charge in [0.05, 0.1) is 12.6 Å². The zero-order valence-corrected chi connectivity index (χ0v) is 14.4. The van der Waals surface area contributed by atoms with Crippen molar-refractivity contribution in [3.63, 3.8) is 0 Å². The first-order valence-corrected chi connectivity index (χ1v) is 8.56. The van der Waals surface area contributed by atoms with Gasteiger partial charge in [-0.2, -0.15) is 5.10 Å². The Hall–Kier alpha value is -2.35. The normalized spacial score (nSPS) is 19.0. The standard InChI is InChI=1S/C16H20N4O3S/c1-3-20(4-2)12-7-5-11(6-8-12)10-17-19-16-18-15(23)13(24-16)9-14(21)22/h5-8,10,13H,3-4,9H2,1-2H3,(H,21,22)(H,18,19,23)/b17-10+. The molecule has 2 rings (SSSR count). The highest BCUT2D eigenvalue weighted by molar-refractivity contribution is 8.15. The van der Waals surface area contributed by atoms with Gasteiger partial charge in [0.15, 0.2) is 5.17 Å². The molecule has 0 aromatic heterocycles. The predicted molar refractivity (Wildman–Crippen MR) is 96.8 cm³/mol. The monoisotopic (exact) mass is 348 g/mol. The number of aliphatic carboxylic acids is 1. The van der Waals surface area contributed by atoms with E-state index in [2.05, 4.69) is 34.3 Å². The van der Waals surface area contributed by atoms with E-state index < -0.39 is 11.2 Å². The van der Waals surface area contributed by atoms with Crippen LogP contribution in [0.1, 0.15) is 25.8 Å². The van der Waals surface area contributed by atoms with Gasteiger partial charge in [0.25, 0.3) is 0 Å². The van der Waals surface area contributed by atoms with E-state index >= 15 is 0 Å². The summed E-state index contributed by atoms with van der Waals surface area (Å²) in [4.78, 5) is 24.5. The van der Waals surface area contributed by atoms with Crippen LogP contribution in [-0.2, 0) is 9.59 Å². The number of amides is 1. The number of carboxylic acids is 1. The average Bonchev–Trinajstić information content (AvgIpc) is 2.89. The summed E-state index contributed by atoms with van der Waals surface area (Å²) in [7, 11) is 0. The van der Waals surface area contributed by atoms with Gasteiger partial charge in [0.2, 0.25) is 5.91 Å². The molecule has 7 nitrogen and oxygen atoms in total. The molecule has 24 heavy (non-hydrogen) atoms. The summed E-state index contributed by atoms with van der Waals surface area (Å²) in [6.45, 7) is 6.12. The van der Waals surface area contributed by atoms with Crippen molar-refractivity contribution in [3.05, 3.63) is 29.8 Å². The van der Waals surface area contributed by atoms with Crippen LogP contribution in [0.25, 0.3) is 0 Å². The molecule has 0 saturated carbocycles. The summed E-state index contributed by atoms with van der Waals surface area (Å²) in [6, 6.07) is 7.95. The van der Waals surface area contributed by atoms with Gasteiger partial charge >= 0.3 is 5.97 Å². The molecule has 1 atom stereocenters. The summed E-state index contributed by atoms with van der Waals surface area (Å²) in [6.07, 6.45) is 1.36. The second kappa shape index (κ2) is 8.49. The first-order valence-electron chi connectivity index (χ1n) is 7.68. The van der Waals surface area contributed by atoms with Crippen LogP contribution in [0, 0.1) is 0 Å². The van der Waals surface area contributed by atoms with Crippen LogP contribution >= 0.6 is 11.8 Å². The molecule has 1 fully saturated rings. The zero-order valence-electron chi connectivity index (χ0n) is 13.6. The lowest BCUT2D eigenvalue weighted by Gasteiger charge is -2.20. The van der Waals surface area contributed by atoms with Crippen molar-refractivity contribution in [3.8, 4) is 0 Å². The van der Waals surface area contributed by atoms with Crippen LogP contribution in [0.4, 0.5) is 5.69 Å². The van der Waals surface area contributed by atoms with Crippen molar-refractivity contribution in [2.75, 3.05) is 18.0 Å². The number of hydrogen-bond acceptors (Lipinski definition) is 6. The number of nitrogens with zero attached hydrogens (tertiary/aromatic N) is 3. The third-order valence-corrected chi connectivity index (χ3v) is 4.59. The SMILES string of the molecule is CCN(CC)c1ccc(/C=N/N=C2\NC(=O)C(CC(=O)O)S2)cc1.